The Morgan fingerprint density at radius 1 is 1.12 bits per heavy atom. The minimum atomic E-state index is -0.510. The van der Waals surface area contributed by atoms with E-state index in [2.05, 4.69) is 5.32 Å². The van der Waals surface area contributed by atoms with Crippen molar-refractivity contribution < 1.29 is 28.2 Å². The third-order valence-electron chi connectivity index (χ3n) is 6.05. The van der Waals surface area contributed by atoms with Crippen molar-refractivity contribution in [2.45, 2.75) is 32.3 Å². The summed E-state index contributed by atoms with van der Waals surface area (Å²) in [5, 5.41) is 3.23. The van der Waals surface area contributed by atoms with E-state index in [1.807, 2.05) is 19.1 Å². The molecule has 172 valence electrons. The number of carbonyl (C=O) groups excluding carboxylic acids is 2. The van der Waals surface area contributed by atoms with Crippen molar-refractivity contribution in [3.8, 4) is 11.5 Å². The van der Waals surface area contributed by atoms with E-state index in [4.69, 9.17) is 14.2 Å². The van der Waals surface area contributed by atoms with Crippen LogP contribution in [0.15, 0.2) is 65.5 Å². The Kier molecular flexibility index (Phi) is 6.49. The fourth-order valence-electron chi connectivity index (χ4n) is 4.54. The molecule has 0 aromatic heterocycles. The number of rotatable bonds is 6. The Labute approximate surface area is 192 Å². The summed E-state index contributed by atoms with van der Waals surface area (Å²) in [6.07, 6.45) is 3.11. The van der Waals surface area contributed by atoms with Crippen LogP contribution >= 0.6 is 0 Å². The van der Waals surface area contributed by atoms with Gasteiger partial charge < -0.3 is 19.5 Å². The minimum absolute atomic E-state index is 0.0734. The largest absolute Gasteiger partial charge is 0.493 e. The number of hydrogen-bond acceptors (Lipinski definition) is 6. The van der Waals surface area contributed by atoms with Gasteiger partial charge in [-0.1, -0.05) is 24.3 Å². The van der Waals surface area contributed by atoms with E-state index < -0.39 is 17.8 Å². The van der Waals surface area contributed by atoms with Gasteiger partial charge in [-0.25, -0.2) is 9.18 Å². The van der Waals surface area contributed by atoms with Crippen LogP contribution in [0.5, 0.6) is 11.5 Å². The van der Waals surface area contributed by atoms with Crippen LogP contribution in [0.1, 0.15) is 36.8 Å². The maximum atomic E-state index is 13.5. The lowest BCUT2D eigenvalue weighted by Crippen LogP contribution is -2.40. The summed E-state index contributed by atoms with van der Waals surface area (Å²) in [5.74, 6) is -0.812. The van der Waals surface area contributed by atoms with Gasteiger partial charge in [-0.2, -0.15) is 0 Å². The molecule has 2 aromatic rings. The first-order valence-corrected chi connectivity index (χ1v) is 10.8. The van der Waals surface area contributed by atoms with E-state index in [-0.39, 0.29) is 18.2 Å². The van der Waals surface area contributed by atoms with Gasteiger partial charge in [0.1, 0.15) is 18.2 Å². The molecule has 0 saturated heterocycles. The standard InChI is InChI=1S/C26H26FNO5/c1-15-23(26(30)32-3)24(25-19(28-15)8-5-9-20(25)29)17-10-11-21(22(13-17)31-2)33-14-16-6-4-7-18(27)12-16/h4,6-8,10-13,24-25,28H,5,9,14H2,1-3H3. The summed E-state index contributed by atoms with van der Waals surface area (Å²) < 4.78 is 29.9. The second-order valence-electron chi connectivity index (χ2n) is 8.10. The Hall–Kier alpha value is -3.61. The molecule has 0 spiro atoms. The first-order chi connectivity index (χ1) is 15.9. The van der Waals surface area contributed by atoms with E-state index in [1.165, 1.54) is 26.4 Å². The predicted molar refractivity (Wildman–Crippen MR) is 120 cm³/mol. The first kappa shape index (κ1) is 22.6. The van der Waals surface area contributed by atoms with Crippen molar-refractivity contribution >= 4 is 11.8 Å². The van der Waals surface area contributed by atoms with Crippen LogP contribution in [-0.4, -0.2) is 26.0 Å². The molecule has 0 saturated carbocycles. The van der Waals surface area contributed by atoms with Crippen LogP contribution < -0.4 is 14.8 Å². The summed E-state index contributed by atoms with van der Waals surface area (Å²) >= 11 is 0. The van der Waals surface area contributed by atoms with Crippen molar-refractivity contribution in [1.82, 2.24) is 5.32 Å². The number of ketones is 1. The van der Waals surface area contributed by atoms with Crippen molar-refractivity contribution in [3.05, 3.63) is 82.5 Å². The molecular weight excluding hydrogens is 425 g/mol. The lowest BCUT2D eigenvalue weighted by molar-refractivity contribution is -0.136. The number of benzene rings is 2. The molecule has 1 aliphatic heterocycles. The number of Topliss-reactive ketones (excluding diaryl/α,β-unsaturated/α-hetero) is 1. The molecule has 33 heavy (non-hydrogen) atoms. The van der Waals surface area contributed by atoms with Crippen LogP contribution in [0.25, 0.3) is 0 Å². The summed E-state index contributed by atoms with van der Waals surface area (Å²) in [6, 6.07) is 11.5. The molecule has 0 bridgehead atoms. The molecule has 1 aliphatic carbocycles. The van der Waals surface area contributed by atoms with Crippen LogP contribution in [0.4, 0.5) is 4.39 Å². The van der Waals surface area contributed by atoms with Crippen LogP contribution in [0.3, 0.4) is 0 Å². The highest BCUT2D eigenvalue weighted by Gasteiger charge is 2.43. The molecule has 0 amide bonds. The molecule has 2 aromatic carbocycles. The molecule has 4 rings (SSSR count). The van der Waals surface area contributed by atoms with Crippen LogP contribution in [-0.2, 0) is 20.9 Å². The number of nitrogens with one attached hydrogen (secondary N) is 1. The van der Waals surface area contributed by atoms with Gasteiger partial charge in [-0.3, -0.25) is 4.79 Å². The quantitative estimate of drug-likeness (QED) is 0.656. The molecule has 2 aliphatic rings. The highest BCUT2D eigenvalue weighted by Crippen LogP contribution is 2.45. The zero-order valence-electron chi connectivity index (χ0n) is 18.8. The number of halogens is 1. The number of carbonyl (C=O) groups is 2. The lowest BCUT2D eigenvalue weighted by atomic mass is 9.71. The van der Waals surface area contributed by atoms with Crippen molar-refractivity contribution in [1.29, 1.82) is 0 Å². The maximum Gasteiger partial charge on any atom is 0.336 e. The molecule has 2 unspecified atom stereocenters. The third-order valence-corrected chi connectivity index (χ3v) is 6.05. The van der Waals surface area contributed by atoms with Gasteiger partial charge in [-0.15, -0.1) is 0 Å². The van der Waals surface area contributed by atoms with Gasteiger partial charge in [0.25, 0.3) is 0 Å². The smallest absolute Gasteiger partial charge is 0.336 e. The van der Waals surface area contributed by atoms with E-state index in [0.29, 0.717) is 41.2 Å². The monoisotopic (exact) mass is 451 g/mol. The Balaban J connectivity index is 1.71. The minimum Gasteiger partial charge on any atom is -0.493 e. The van der Waals surface area contributed by atoms with Gasteiger partial charge in [-0.05, 0) is 48.7 Å². The number of esters is 1. The number of ether oxygens (including phenoxy) is 3. The van der Waals surface area contributed by atoms with Crippen molar-refractivity contribution in [2.75, 3.05) is 14.2 Å². The van der Waals surface area contributed by atoms with Crippen molar-refractivity contribution in [3.63, 3.8) is 0 Å². The van der Waals surface area contributed by atoms with Gasteiger partial charge in [0.05, 0.1) is 25.7 Å². The van der Waals surface area contributed by atoms with E-state index in [0.717, 1.165) is 11.3 Å². The molecule has 7 heteroatoms. The summed E-state index contributed by atoms with van der Waals surface area (Å²) in [6.45, 7) is 1.98. The Morgan fingerprint density at radius 3 is 2.67 bits per heavy atom. The fourth-order valence-corrected chi connectivity index (χ4v) is 4.54. The molecule has 6 nitrogen and oxygen atoms in total. The van der Waals surface area contributed by atoms with Gasteiger partial charge in [0.15, 0.2) is 11.5 Å². The SMILES string of the molecule is COC(=O)C1=C(C)NC2=CCCC(=O)C2C1c1ccc(OCc2cccc(F)c2)c(OC)c1. The van der Waals surface area contributed by atoms with Crippen molar-refractivity contribution in [2.24, 2.45) is 5.92 Å². The molecule has 0 radical (unpaired) electrons. The van der Waals surface area contributed by atoms with E-state index >= 15 is 0 Å². The second kappa shape index (κ2) is 9.48. The normalized spacial score (nSPS) is 19.9. The number of methoxy groups -OCH3 is 2. The van der Waals surface area contributed by atoms with E-state index in [9.17, 15) is 14.0 Å². The molecule has 0 fully saturated rings. The Bertz CT molecular complexity index is 1150. The topological polar surface area (TPSA) is 73.9 Å². The maximum absolute atomic E-state index is 13.5. The molecule has 1 heterocycles. The van der Waals surface area contributed by atoms with Crippen LogP contribution in [0, 0.1) is 11.7 Å². The van der Waals surface area contributed by atoms with Gasteiger partial charge in [0.2, 0.25) is 0 Å². The van der Waals surface area contributed by atoms with Gasteiger partial charge in [0, 0.05) is 23.7 Å². The predicted octanol–water partition coefficient (Wildman–Crippen LogP) is 4.41. The number of fused-ring (bicyclic) bond motifs is 1. The first-order valence-electron chi connectivity index (χ1n) is 10.8. The second-order valence-corrected chi connectivity index (χ2v) is 8.10. The Morgan fingerprint density at radius 2 is 1.94 bits per heavy atom. The third kappa shape index (κ3) is 4.49. The average Bonchev–Trinajstić information content (AvgIpc) is 2.81. The van der Waals surface area contributed by atoms with Crippen LogP contribution in [0.2, 0.25) is 0 Å². The molecule has 2 atom stereocenters. The summed E-state index contributed by atoms with van der Waals surface area (Å²) in [4.78, 5) is 25.7. The van der Waals surface area contributed by atoms with E-state index in [1.54, 1.807) is 24.3 Å². The zero-order chi connectivity index (χ0) is 23.5. The highest BCUT2D eigenvalue weighted by atomic mass is 19.1. The van der Waals surface area contributed by atoms with Gasteiger partial charge >= 0.3 is 5.97 Å². The lowest BCUT2D eigenvalue weighted by Gasteiger charge is -2.38. The summed E-state index contributed by atoms with van der Waals surface area (Å²) in [5.41, 5.74) is 3.33. The fraction of sp³-hybridized carbons (Fsp3) is 0.308. The molecular formula is C26H26FNO5. The number of allylic oxidation sites excluding steroid dienone is 3. The number of hydrogen-bond donors (Lipinski definition) is 1. The summed E-state index contributed by atoms with van der Waals surface area (Å²) in [7, 11) is 2.85. The zero-order valence-corrected chi connectivity index (χ0v) is 18.8. The average molecular weight is 451 g/mol. The highest BCUT2D eigenvalue weighted by molar-refractivity contribution is 5.96. The molecule has 1 N–H and O–H groups in total.